The first-order chi connectivity index (χ1) is 7.22. The molecular weight excluding hydrogens is 192 g/mol. The lowest BCUT2D eigenvalue weighted by Gasteiger charge is -2.05. The summed E-state index contributed by atoms with van der Waals surface area (Å²) in [5.41, 5.74) is 1.02. The fraction of sp³-hybridized carbons (Fsp3) is 0.500. The predicted octanol–water partition coefficient (Wildman–Crippen LogP) is 0.723. The molecule has 0 aliphatic carbocycles. The van der Waals surface area contributed by atoms with Crippen LogP contribution in [-0.2, 0) is 4.79 Å². The number of aryl methyl sites for hydroxylation is 1. The van der Waals surface area contributed by atoms with Crippen molar-refractivity contribution in [2.75, 3.05) is 18.4 Å². The minimum Gasteiger partial charge on any atom is -0.360 e. The second kappa shape index (κ2) is 5.95. The molecule has 1 rings (SSSR count). The van der Waals surface area contributed by atoms with Gasteiger partial charge in [0.25, 0.3) is 0 Å². The summed E-state index contributed by atoms with van der Waals surface area (Å²) in [7, 11) is 0. The summed E-state index contributed by atoms with van der Waals surface area (Å²) in [6.07, 6.45) is 2.61. The Labute approximate surface area is 89.3 Å². The van der Waals surface area contributed by atoms with Crippen molar-refractivity contribution >= 4 is 11.7 Å². The van der Waals surface area contributed by atoms with Crippen LogP contribution in [0.2, 0.25) is 0 Å². The Balaban J connectivity index is 2.33. The molecule has 5 nitrogen and oxygen atoms in total. The second-order valence-electron chi connectivity index (χ2n) is 3.32. The zero-order valence-corrected chi connectivity index (χ0v) is 9.08. The Hall–Kier alpha value is -1.65. The van der Waals surface area contributed by atoms with Crippen molar-refractivity contribution in [3.8, 4) is 0 Å². The van der Waals surface area contributed by atoms with Gasteiger partial charge in [-0.25, -0.2) is 0 Å². The lowest BCUT2D eigenvalue weighted by atomic mass is 10.3. The highest BCUT2D eigenvalue weighted by atomic mass is 16.1. The summed E-state index contributed by atoms with van der Waals surface area (Å²) in [5.74, 6) is 0.599. The molecule has 0 radical (unpaired) electrons. The van der Waals surface area contributed by atoms with E-state index in [1.807, 2.05) is 19.9 Å². The van der Waals surface area contributed by atoms with Crippen LogP contribution in [0.15, 0.2) is 12.3 Å². The number of carbonyl (C=O) groups is 1. The van der Waals surface area contributed by atoms with Crippen molar-refractivity contribution in [1.82, 2.24) is 15.5 Å². The molecule has 0 aliphatic heterocycles. The van der Waals surface area contributed by atoms with E-state index in [4.69, 9.17) is 0 Å². The Morgan fingerprint density at radius 2 is 2.33 bits per heavy atom. The molecule has 0 spiro atoms. The molecule has 82 valence electrons. The molecule has 5 heteroatoms. The van der Waals surface area contributed by atoms with E-state index in [9.17, 15) is 4.79 Å². The maximum atomic E-state index is 11.2. The van der Waals surface area contributed by atoms with Crippen LogP contribution in [0.4, 0.5) is 5.82 Å². The fourth-order valence-electron chi connectivity index (χ4n) is 1.05. The predicted molar refractivity (Wildman–Crippen MR) is 58.6 cm³/mol. The summed E-state index contributed by atoms with van der Waals surface area (Å²) >= 11 is 0. The Morgan fingerprint density at radius 1 is 1.53 bits per heavy atom. The summed E-state index contributed by atoms with van der Waals surface area (Å²) in [6.45, 7) is 4.88. The molecule has 0 unspecified atom stereocenters. The number of anilines is 1. The minimum atomic E-state index is -0.0276. The highest BCUT2D eigenvalue weighted by Gasteiger charge is 2.00. The molecule has 1 amide bonds. The third kappa shape index (κ3) is 4.39. The van der Waals surface area contributed by atoms with Crippen molar-refractivity contribution in [3.63, 3.8) is 0 Å². The van der Waals surface area contributed by atoms with Crippen LogP contribution in [0.1, 0.15) is 18.9 Å². The fourth-order valence-corrected chi connectivity index (χ4v) is 1.05. The third-order valence-electron chi connectivity index (χ3n) is 1.79. The first-order valence-corrected chi connectivity index (χ1v) is 5.02. The summed E-state index contributed by atoms with van der Waals surface area (Å²) in [5, 5.41) is 13.3. The number of amides is 1. The molecular formula is C10H16N4O. The number of carbonyl (C=O) groups excluding carboxylic acids is 1. The van der Waals surface area contributed by atoms with Crippen LogP contribution in [0.3, 0.4) is 0 Å². The van der Waals surface area contributed by atoms with Gasteiger partial charge in [-0.1, -0.05) is 6.92 Å². The highest BCUT2D eigenvalue weighted by molar-refractivity contribution is 5.80. The van der Waals surface area contributed by atoms with Crippen molar-refractivity contribution in [2.24, 2.45) is 0 Å². The number of hydrogen-bond acceptors (Lipinski definition) is 4. The number of nitrogens with one attached hydrogen (secondary N) is 2. The lowest BCUT2D eigenvalue weighted by Crippen LogP contribution is -2.30. The van der Waals surface area contributed by atoms with Gasteiger partial charge in [-0.15, -0.1) is 5.10 Å². The van der Waals surface area contributed by atoms with Crippen LogP contribution in [0, 0.1) is 6.92 Å². The lowest BCUT2D eigenvalue weighted by molar-refractivity contribution is -0.119. The van der Waals surface area contributed by atoms with Gasteiger partial charge in [0.2, 0.25) is 5.91 Å². The Kier molecular flexibility index (Phi) is 4.53. The van der Waals surface area contributed by atoms with Crippen LogP contribution < -0.4 is 10.6 Å². The SMILES string of the molecule is CCCNC(=O)CNc1cc(C)cnn1. The van der Waals surface area contributed by atoms with Crippen molar-refractivity contribution in [3.05, 3.63) is 17.8 Å². The first kappa shape index (κ1) is 11.4. The zero-order chi connectivity index (χ0) is 11.1. The monoisotopic (exact) mass is 208 g/mol. The second-order valence-corrected chi connectivity index (χ2v) is 3.32. The van der Waals surface area contributed by atoms with E-state index in [0.29, 0.717) is 12.4 Å². The molecule has 1 aromatic rings. The Morgan fingerprint density at radius 3 is 3.00 bits per heavy atom. The third-order valence-corrected chi connectivity index (χ3v) is 1.79. The molecule has 1 heterocycles. The molecule has 0 saturated heterocycles. The molecule has 0 fully saturated rings. The molecule has 1 aromatic heterocycles. The molecule has 0 aliphatic rings. The van der Waals surface area contributed by atoms with Gasteiger partial charge in [-0.2, -0.15) is 5.10 Å². The van der Waals surface area contributed by atoms with E-state index in [2.05, 4.69) is 20.8 Å². The largest absolute Gasteiger partial charge is 0.360 e. The maximum Gasteiger partial charge on any atom is 0.239 e. The van der Waals surface area contributed by atoms with Crippen LogP contribution in [0.5, 0.6) is 0 Å². The van der Waals surface area contributed by atoms with Gasteiger partial charge in [0, 0.05) is 6.54 Å². The van der Waals surface area contributed by atoms with E-state index < -0.39 is 0 Å². The van der Waals surface area contributed by atoms with Crippen LogP contribution >= 0.6 is 0 Å². The van der Waals surface area contributed by atoms with E-state index in [1.165, 1.54) is 0 Å². The quantitative estimate of drug-likeness (QED) is 0.748. The number of aromatic nitrogens is 2. The summed E-state index contributed by atoms with van der Waals surface area (Å²) in [6, 6.07) is 1.85. The van der Waals surface area contributed by atoms with E-state index in [1.54, 1.807) is 6.20 Å². The topological polar surface area (TPSA) is 66.9 Å². The average Bonchev–Trinajstić information content (AvgIpc) is 2.23. The molecule has 0 aromatic carbocycles. The van der Waals surface area contributed by atoms with Crippen LogP contribution in [-0.4, -0.2) is 29.2 Å². The van der Waals surface area contributed by atoms with Crippen molar-refractivity contribution < 1.29 is 4.79 Å². The molecule has 0 atom stereocenters. The standard InChI is InChI=1S/C10H16N4O/c1-3-4-11-10(15)7-12-9-5-8(2)6-13-14-9/h5-6H,3-4,7H2,1-2H3,(H,11,15)(H,12,14). The maximum absolute atomic E-state index is 11.2. The molecule has 15 heavy (non-hydrogen) atoms. The molecule has 0 bridgehead atoms. The first-order valence-electron chi connectivity index (χ1n) is 5.02. The smallest absolute Gasteiger partial charge is 0.239 e. The summed E-state index contributed by atoms with van der Waals surface area (Å²) in [4.78, 5) is 11.2. The van der Waals surface area contributed by atoms with Gasteiger partial charge in [-0.05, 0) is 25.0 Å². The average molecular weight is 208 g/mol. The van der Waals surface area contributed by atoms with Crippen molar-refractivity contribution in [1.29, 1.82) is 0 Å². The Bertz CT molecular complexity index is 327. The van der Waals surface area contributed by atoms with Gasteiger partial charge in [0.15, 0.2) is 0 Å². The van der Waals surface area contributed by atoms with Gasteiger partial charge in [0.1, 0.15) is 5.82 Å². The van der Waals surface area contributed by atoms with Crippen LogP contribution in [0.25, 0.3) is 0 Å². The number of rotatable bonds is 5. The molecule has 0 saturated carbocycles. The van der Waals surface area contributed by atoms with Gasteiger partial charge < -0.3 is 10.6 Å². The van der Waals surface area contributed by atoms with E-state index in [0.717, 1.165) is 12.0 Å². The van der Waals surface area contributed by atoms with Crippen molar-refractivity contribution in [2.45, 2.75) is 20.3 Å². The normalized spacial score (nSPS) is 9.73. The number of hydrogen-bond donors (Lipinski definition) is 2. The highest BCUT2D eigenvalue weighted by Crippen LogP contribution is 2.01. The zero-order valence-electron chi connectivity index (χ0n) is 9.08. The number of nitrogens with zero attached hydrogens (tertiary/aromatic N) is 2. The minimum absolute atomic E-state index is 0.0276. The van der Waals surface area contributed by atoms with Gasteiger partial charge in [-0.3, -0.25) is 4.79 Å². The van der Waals surface area contributed by atoms with E-state index >= 15 is 0 Å². The molecule has 2 N–H and O–H groups in total. The summed E-state index contributed by atoms with van der Waals surface area (Å²) < 4.78 is 0. The van der Waals surface area contributed by atoms with Gasteiger partial charge >= 0.3 is 0 Å². The van der Waals surface area contributed by atoms with Gasteiger partial charge in [0.05, 0.1) is 12.7 Å². The van der Waals surface area contributed by atoms with E-state index in [-0.39, 0.29) is 12.5 Å².